The standard InChI is InChI=1S/C12H19FN4O/c13-5-1-10(12-15-6-2-11(14)16-12)17-7-3-9(18)4-8-17/h2,6,9-10,18H,1,3-5,7-8H2,(H2,14,15,16). The summed E-state index contributed by atoms with van der Waals surface area (Å²) in [5, 5.41) is 9.50. The van der Waals surface area contributed by atoms with Crippen molar-refractivity contribution in [3.8, 4) is 0 Å². The molecule has 1 atom stereocenters. The van der Waals surface area contributed by atoms with Crippen LogP contribution in [0.5, 0.6) is 0 Å². The van der Waals surface area contributed by atoms with E-state index in [0.717, 1.165) is 13.1 Å². The summed E-state index contributed by atoms with van der Waals surface area (Å²) in [6, 6.07) is 1.47. The molecule has 100 valence electrons. The van der Waals surface area contributed by atoms with Gasteiger partial charge in [0.05, 0.1) is 18.8 Å². The molecular formula is C12H19FN4O. The Balaban J connectivity index is 2.12. The molecule has 1 saturated heterocycles. The minimum atomic E-state index is -0.415. The van der Waals surface area contributed by atoms with Crippen molar-refractivity contribution in [3.05, 3.63) is 18.1 Å². The highest BCUT2D eigenvalue weighted by atomic mass is 19.1. The zero-order valence-electron chi connectivity index (χ0n) is 10.3. The Bertz CT molecular complexity index is 382. The molecule has 1 aromatic heterocycles. The smallest absolute Gasteiger partial charge is 0.147 e. The summed E-state index contributed by atoms with van der Waals surface area (Å²) in [5.74, 6) is 0.977. The molecule has 2 rings (SSSR count). The SMILES string of the molecule is Nc1ccnc(C(CCF)N2CCC(O)CC2)n1. The van der Waals surface area contributed by atoms with Crippen molar-refractivity contribution in [2.75, 3.05) is 25.5 Å². The zero-order chi connectivity index (χ0) is 13.0. The summed E-state index contributed by atoms with van der Waals surface area (Å²) in [5.41, 5.74) is 5.64. The number of nitrogen functional groups attached to an aromatic ring is 1. The van der Waals surface area contributed by atoms with E-state index in [0.29, 0.717) is 30.9 Å². The van der Waals surface area contributed by atoms with Gasteiger partial charge in [0, 0.05) is 19.3 Å². The molecule has 0 saturated carbocycles. The molecule has 1 aliphatic rings. The average molecular weight is 254 g/mol. The van der Waals surface area contributed by atoms with E-state index in [-0.39, 0.29) is 12.1 Å². The molecule has 1 aliphatic heterocycles. The molecule has 3 N–H and O–H groups in total. The Hall–Kier alpha value is -1.27. The van der Waals surface area contributed by atoms with Crippen LogP contribution < -0.4 is 5.73 Å². The van der Waals surface area contributed by atoms with Gasteiger partial charge in [0.25, 0.3) is 0 Å². The molecule has 0 aromatic carbocycles. The summed E-state index contributed by atoms with van der Waals surface area (Å²) in [7, 11) is 0. The first-order chi connectivity index (χ1) is 8.70. The fraction of sp³-hybridized carbons (Fsp3) is 0.667. The lowest BCUT2D eigenvalue weighted by Crippen LogP contribution is -2.39. The Labute approximate surface area is 106 Å². The van der Waals surface area contributed by atoms with Crippen molar-refractivity contribution in [3.63, 3.8) is 0 Å². The van der Waals surface area contributed by atoms with Gasteiger partial charge < -0.3 is 10.8 Å². The largest absolute Gasteiger partial charge is 0.393 e. The number of nitrogens with zero attached hydrogens (tertiary/aromatic N) is 3. The highest BCUT2D eigenvalue weighted by molar-refractivity contribution is 5.25. The molecule has 0 radical (unpaired) electrons. The van der Waals surface area contributed by atoms with Gasteiger partial charge >= 0.3 is 0 Å². The maximum atomic E-state index is 12.7. The van der Waals surface area contributed by atoms with Crippen LogP contribution >= 0.6 is 0 Å². The van der Waals surface area contributed by atoms with E-state index in [1.165, 1.54) is 0 Å². The van der Waals surface area contributed by atoms with Gasteiger partial charge in [-0.25, -0.2) is 9.97 Å². The molecule has 0 bridgehead atoms. The Morgan fingerprint density at radius 2 is 2.22 bits per heavy atom. The van der Waals surface area contributed by atoms with Gasteiger partial charge in [-0.3, -0.25) is 9.29 Å². The number of anilines is 1. The van der Waals surface area contributed by atoms with Crippen molar-refractivity contribution in [2.24, 2.45) is 0 Å². The Kier molecular flexibility index (Phi) is 4.43. The summed E-state index contributed by atoms with van der Waals surface area (Å²) >= 11 is 0. The maximum Gasteiger partial charge on any atom is 0.147 e. The van der Waals surface area contributed by atoms with Crippen LogP contribution in [-0.4, -0.2) is 45.8 Å². The normalized spacial score (nSPS) is 19.9. The van der Waals surface area contributed by atoms with Crippen LogP contribution in [0.2, 0.25) is 0 Å². The van der Waals surface area contributed by atoms with E-state index in [2.05, 4.69) is 14.9 Å². The van der Waals surface area contributed by atoms with Crippen LogP contribution in [0, 0.1) is 0 Å². The van der Waals surface area contributed by atoms with Crippen molar-refractivity contribution in [1.29, 1.82) is 0 Å². The van der Waals surface area contributed by atoms with Crippen LogP contribution in [0.1, 0.15) is 31.1 Å². The number of alkyl halides is 1. The van der Waals surface area contributed by atoms with Crippen LogP contribution in [0.15, 0.2) is 12.3 Å². The first-order valence-electron chi connectivity index (χ1n) is 6.27. The fourth-order valence-electron chi connectivity index (χ4n) is 2.32. The van der Waals surface area contributed by atoms with Crippen molar-refractivity contribution in [2.45, 2.75) is 31.4 Å². The van der Waals surface area contributed by atoms with Gasteiger partial charge in [0.15, 0.2) is 0 Å². The fourth-order valence-corrected chi connectivity index (χ4v) is 2.32. The molecule has 1 fully saturated rings. The first kappa shape index (κ1) is 13.2. The lowest BCUT2D eigenvalue weighted by molar-refractivity contribution is 0.0540. The minimum absolute atomic E-state index is 0.147. The number of aliphatic hydroxyl groups excluding tert-OH is 1. The highest BCUT2D eigenvalue weighted by Gasteiger charge is 2.26. The topological polar surface area (TPSA) is 75.3 Å². The van der Waals surface area contributed by atoms with Crippen LogP contribution in [0.4, 0.5) is 10.2 Å². The van der Waals surface area contributed by atoms with E-state index in [1.54, 1.807) is 12.3 Å². The molecule has 0 aliphatic carbocycles. The quantitative estimate of drug-likeness (QED) is 0.835. The second-order valence-electron chi connectivity index (χ2n) is 4.60. The summed E-state index contributed by atoms with van der Waals surface area (Å²) < 4.78 is 12.7. The number of nitrogens with two attached hydrogens (primary N) is 1. The molecule has 18 heavy (non-hydrogen) atoms. The predicted molar refractivity (Wildman–Crippen MR) is 66.6 cm³/mol. The van der Waals surface area contributed by atoms with Gasteiger partial charge in [0.1, 0.15) is 11.6 Å². The molecule has 1 unspecified atom stereocenters. The Morgan fingerprint density at radius 3 is 2.83 bits per heavy atom. The number of hydrogen-bond acceptors (Lipinski definition) is 5. The third kappa shape index (κ3) is 3.14. The predicted octanol–water partition coefficient (Wildman–Crippen LogP) is 0.916. The zero-order valence-corrected chi connectivity index (χ0v) is 10.3. The lowest BCUT2D eigenvalue weighted by Gasteiger charge is -2.35. The van der Waals surface area contributed by atoms with Crippen molar-refractivity contribution < 1.29 is 9.50 Å². The lowest BCUT2D eigenvalue weighted by atomic mass is 10.0. The molecule has 6 heteroatoms. The monoisotopic (exact) mass is 254 g/mol. The number of aliphatic hydroxyl groups is 1. The minimum Gasteiger partial charge on any atom is -0.393 e. The van der Waals surface area contributed by atoms with E-state index >= 15 is 0 Å². The molecular weight excluding hydrogens is 235 g/mol. The number of halogens is 1. The van der Waals surface area contributed by atoms with Crippen molar-refractivity contribution in [1.82, 2.24) is 14.9 Å². The van der Waals surface area contributed by atoms with E-state index in [1.807, 2.05) is 0 Å². The van der Waals surface area contributed by atoms with Gasteiger partial charge in [0.2, 0.25) is 0 Å². The van der Waals surface area contributed by atoms with Gasteiger partial charge in [-0.15, -0.1) is 0 Å². The highest BCUT2D eigenvalue weighted by Crippen LogP contribution is 2.25. The van der Waals surface area contributed by atoms with Gasteiger partial charge in [-0.05, 0) is 25.3 Å². The van der Waals surface area contributed by atoms with Crippen LogP contribution in [-0.2, 0) is 0 Å². The van der Waals surface area contributed by atoms with Crippen LogP contribution in [0.25, 0.3) is 0 Å². The average Bonchev–Trinajstić information content (AvgIpc) is 2.37. The number of hydrogen-bond donors (Lipinski definition) is 2. The van der Waals surface area contributed by atoms with Crippen LogP contribution in [0.3, 0.4) is 0 Å². The number of piperidine rings is 1. The summed E-state index contributed by atoms with van der Waals surface area (Å²) in [6.45, 7) is 1.07. The molecule has 0 spiro atoms. The van der Waals surface area contributed by atoms with Gasteiger partial charge in [-0.2, -0.15) is 0 Å². The Morgan fingerprint density at radius 1 is 1.50 bits per heavy atom. The van der Waals surface area contributed by atoms with Crippen molar-refractivity contribution >= 4 is 5.82 Å². The van der Waals surface area contributed by atoms with E-state index in [4.69, 9.17) is 5.73 Å². The molecule has 1 aromatic rings. The second-order valence-corrected chi connectivity index (χ2v) is 4.60. The maximum absolute atomic E-state index is 12.7. The molecule has 0 amide bonds. The molecule has 5 nitrogen and oxygen atoms in total. The molecule has 2 heterocycles. The van der Waals surface area contributed by atoms with Gasteiger partial charge in [-0.1, -0.05) is 0 Å². The van der Waals surface area contributed by atoms with E-state index in [9.17, 15) is 9.50 Å². The number of aromatic nitrogens is 2. The summed E-state index contributed by atoms with van der Waals surface area (Å²) in [4.78, 5) is 10.5. The summed E-state index contributed by atoms with van der Waals surface area (Å²) in [6.07, 6.45) is 3.14. The number of rotatable bonds is 4. The number of likely N-dealkylation sites (tertiary alicyclic amines) is 1. The first-order valence-corrected chi connectivity index (χ1v) is 6.27. The van der Waals surface area contributed by atoms with E-state index < -0.39 is 6.67 Å². The third-order valence-electron chi connectivity index (χ3n) is 3.32. The second kappa shape index (κ2) is 6.06. The third-order valence-corrected chi connectivity index (χ3v) is 3.32.